The molecule has 2 rings (SSSR count). The maximum Gasteiger partial charge on any atom is 0.303 e. The van der Waals surface area contributed by atoms with Gasteiger partial charge in [0.1, 0.15) is 0 Å². The highest BCUT2D eigenvalue weighted by Gasteiger charge is 2.27. The predicted octanol–water partition coefficient (Wildman–Crippen LogP) is 0.0795. The summed E-state index contributed by atoms with van der Waals surface area (Å²) >= 11 is 0. The van der Waals surface area contributed by atoms with E-state index >= 15 is 0 Å². The maximum absolute atomic E-state index is 11.5. The molecule has 1 aliphatic heterocycles. The maximum atomic E-state index is 11.5. The summed E-state index contributed by atoms with van der Waals surface area (Å²) in [5.41, 5.74) is -0.329. The molecule has 1 aliphatic rings. The number of anilines is 1. The first kappa shape index (κ1) is 12.4. The Bertz CT molecular complexity index is 499. The van der Waals surface area contributed by atoms with Crippen LogP contribution in [0.4, 0.5) is 5.82 Å². The number of nitrogens with zero attached hydrogens (tertiary/aromatic N) is 2. The highest BCUT2D eigenvalue weighted by Crippen LogP contribution is 2.28. The zero-order valence-corrected chi connectivity index (χ0v) is 10.0. The first-order valence-corrected chi connectivity index (χ1v) is 5.70. The van der Waals surface area contributed by atoms with Gasteiger partial charge >= 0.3 is 5.97 Å². The molecule has 0 radical (unpaired) electrons. The van der Waals surface area contributed by atoms with Gasteiger partial charge in [-0.05, 0) is 12.3 Å². The number of ether oxygens (including phenoxy) is 1. The van der Waals surface area contributed by atoms with Crippen molar-refractivity contribution in [3.05, 3.63) is 16.7 Å². The van der Waals surface area contributed by atoms with Gasteiger partial charge in [0.25, 0.3) is 5.56 Å². The van der Waals surface area contributed by atoms with Crippen molar-refractivity contribution in [3.8, 4) is 5.75 Å². The monoisotopic (exact) mass is 253 g/mol. The van der Waals surface area contributed by atoms with Gasteiger partial charge in [-0.25, -0.2) is 4.98 Å². The summed E-state index contributed by atoms with van der Waals surface area (Å²) in [6.45, 7) is 1.27. The lowest BCUT2D eigenvalue weighted by molar-refractivity contribution is -0.137. The Hall–Kier alpha value is -2.05. The van der Waals surface area contributed by atoms with E-state index in [1.54, 1.807) is 0 Å². The first-order chi connectivity index (χ1) is 8.61. The fourth-order valence-electron chi connectivity index (χ4n) is 2.23. The largest absolute Gasteiger partial charge is 0.489 e. The third kappa shape index (κ3) is 2.44. The molecule has 1 atom stereocenters. The molecule has 98 valence electrons. The number of aromatic amines is 1. The molecule has 7 nitrogen and oxygen atoms in total. The van der Waals surface area contributed by atoms with Crippen LogP contribution < -0.4 is 15.2 Å². The quantitative estimate of drug-likeness (QED) is 0.789. The Labute approximate surface area is 103 Å². The van der Waals surface area contributed by atoms with Gasteiger partial charge in [-0.1, -0.05) is 0 Å². The number of rotatable bonds is 4. The van der Waals surface area contributed by atoms with Gasteiger partial charge in [-0.3, -0.25) is 9.59 Å². The fourth-order valence-corrected chi connectivity index (χ4v) is 2.23. The van der Waals surface area contributed by atoms with E-state index < -0.39 is 5.97 Å². The Morgan fingerprint density at radius 3 is 3.17 bits per heavy atom. The number of carboxylic acid groups (broad SMARTS) is 1. The Morgan fingerprint density at radius 1 is 1.72 bits per heavy atom. The molecular weight excluding hydrogens is 238 g/mol. The van der Waals surface area contributed by atoms with E-state index in [9.17, 15) is 9.59 Å². The minimum absolute atomic E-state index is 0.0910. The molecule has 0 amide bonds. The Kier molecular flexibility index (Phi) is 3.50. The highest BCUT2D eigenvalue weighted by molar-refractivity contribution is 5.67. The number of H-pyrrole nitrogens is 1. The van der Waals surface area contributed by atoms with Crippen LogP contribution in [0.1, 0.15) is 12.8 Å². The van der Waals surface area contributed by atoms with E-state index in [0.717, 1.165) is 6.42 Å². The minimum Gasteiger partial charge on any atom is -0.489 e. The second kappa shape index (κ2) is 5.07. The van der Waals surface area contributed by atoms with Crippen LogP contribution in [0, 0.1) is 5.92 Å². The number of carboxylic acids is 1. The summed E-state index contributed by atoms with van der Waals surface area (Å²) in [4.78, 5) is 30.6. The van der Waals surface area contributed by atoms with E-state index in [1.165, 1.54) is 13.4 Å². The molecule has 7 heteroatoms. The van der Waals surface area contributed by atoms with Gasteiger partial charge in [-0.15, -0.1) is 0 Å². The van der Waals surface area contributed by atoms with Crippen molar-refractivity contribution in [1.29, 1.82) is 0 Å². The number of aromatic nitrogens is 2. The second-order valence-electron chi connectivity index (χ2n) is 4.29. The summed E-state index contributed by atoms with van der Waals surface area (Å²) in [7, 11) is 1.42. The number of nitrogens with one attached hydrogen (secondary N) is 1. The SMILES string of the molecule is COc1c(N2CCC(CC(=O)O)C2)nc[nH]c1=O. The van der Waals surface area contributed by atoms with Crippen molar-refractivity contribution in [2.24, 2.45) is 5.92 Å². The van der Waals surface area contributed by atoms with E-state index in [2.05, 4.69) is 9.97 Å². The van der Waals surface area contributed by atoms with Crippen LogP contribution in [0.25, 0.3) is 0 Å². The molecule has 1 fully saturated rings. The minimum atomic E-state index is -0.798. The van der Waals surface area contributed by atoms with Crippen molar-refractivity contribution in [2.45, 2.75) is 12.8 Å². The molecule has 1 aromatic heterocycles. The van der Waals surface area contributed by atoms with Gasteiger partial charge in [0.15, 0.2) is 5.82 Å². The third-order valence-corrected chi connectivity index (χ3v) is 3.04. The number of aliphatic carboxylic acids is 1. The van der Waals surface area contributed by atoms with Gasteiger partial charge in [0, 0.05) is 19.5 Å². The molecule has 0 aliphatic carbocycles. The highest BCUT2D eigenvalue weighted by atomic mass is 16.5. The van der Waals surface area contributed by atoms with Crippen molar-refractivity contribution in [2.75, 3.05) is 25.1 Å². The fraction of sp³-hybridized carbons (Fsp3) is 0.545. The lowest BCUT2D eigenvalue weighted by Gasteiger charge is -2.18. The summed E-state index contributed by atoms with van der Waals surface area (Å²) in [5.74, 6) is -0.0522. The molecular formula is C11H15N3O4. The van der Waals surface area contributed by atoms with Crippen molar-refractivity contribution in [1.82, 2.24) is 9.97 Å². The van der Waals surface area contributed by atoms with Crippen molar-refractivity contribution in [3.63, 3.8) is 0 Å². The summed E-state index contributed by atoms with van der Waals surface area (Å²) in [6, 6.07) is 0. The zero-order chi connectivity index (χ0) is 13.1. The van der Waals surface area contributed by atoms with Crippen LogP contribution in [0.2, 0.25) is 0 Å². The number of hydrogen-bond donors (Lipinski definition) is 2. The number of methoxy groups -OCH3 is 1. The van der Waals surface area contributed by atoms with E-state index in [1.807, 2.05) is 4.90 Å². The molecule has 0 aromatic carbocycles. The molecule has 1 unspecified atom stereocenters. The Balaban J connectivity index is 2.17. The average Bonchev–Trinajstić information content (AvgIpc) is 2.76. The van der Waals surface area contributed by atoms with Gasteiger partial charge in [-0.2, -0.15) is 0 Å². The van der Waals surface area contributed by atoms with Crippen LogP contribution in [0.3, 0.4) is 0 Å². The van der Waals surface area contributed by atoms with Gasteiger partial charge in [0.05, 0.1) is 13.4 Å². The predicted molar refractivity (Wildman–Crippen MR) is 64.0 cm³/mol. The van der Waals surface area contributed by atoms with E-state index in [-0.39, 0.29) is 23.6 Å². The molecule has 2 N–H and O–H groups in total. The third-order valence-electron chi connectivity index (χ3n) is 3.04. The molecule has 0 bridgehead atoms. The summed E-state index contributed by atoms with van der Waals surface area (Å²) in [6.07, 6.45) is 2.25. The van der Waals surface area contributed by atoms with Crippen LogP contribution in [-0.2, 0) is 4.79 Å². The van der Waals surface area contributed by atoms with Crippen LogP contribution >= 0.6 is 0 Å². The van der Waals surface area contributed by atoms with E-state index in [0.29, 0.717) is 18.9 Å². The van der Waals surface area contributed by atoms with E-state index in [4.69, 9.17) is 9.84 Å². The van der Waals surface area contributed by atoms with Crippen LogP contribution in [0.15, 0.2) is 11.1 Å². The molecule has 0 saturated carbocycles. The van der Waals surface area contributed by atoms with Crippen molar-refractivity contribution >= 4 is 11.8 Å². The van der Waals surface area contributed by atoms with Crippen LogP contribution in [0.5, 0.6) is 5.75 Å². The lowest BCUT2D eigenvalue weighted by Crippen LogP contribution is -2.25. The normalized spacial score (nSPS) is 18.9. The van der Waals surface area contributed by atoms with Crippen LogP contribution in [-0.4, -0.2) is 41.2 Å². The average molecular weight is 253 g/mol. The second-order valence-corrected chi connectivity index (χ2v) is 4.29. The van der Waals surface area contributed by atoms with Crippen molar-refractivity contribution < 1.29 is 14.6 Å². The molecule has 1 saturated heterocycles. The standard InChI is InChI=1S/C11H15N3O4/c1-18-9-10(12-6-13-11(9)17)14-3-2-7(5-14)4-8(15)16/h6-7H,2-5H2,1H3,(H,15,16)(H,12,13,17). The van der Waals surface area contributed by atoms with Gasteiger partial charge < -0.3 is 19.7 Å². The zero-order valence-electron chi connectivity index (χ0n) is 10.0. The lowest BCUT2D eigenvalue weighted by atomic mass is 10.1. The smallest absolute Gasteiger partial charge is 0.303 e. The molecule has 2 heterocycles. The number of carbonyl (C=O) groups is 1. The van der Waals surface area contributed by atoms with Gasteiger partial charge in [0.2, 0.25) is 5.75 Å². The topological polar surface area (TPSA) is 95.5 Å². The first-order valence-electron chi connectivity index (χ1n) is 5.70. The molecule has 0 spiro atoms. The number of hydrogen-bond acceptors (Lipinski definition) is 5. The Morgan fingerprint density at radius 2 is 2.50 bits per heavy atom. The summed E-state index contributed by atoms with van der Waals surface area (Å²) < 4.78 is 5.04. The summed E-state index contributed by atoms with van der Waals surface area (Å²) in [5, 5.41) is 8.76. The molecule has 18 heavy (non-hydrogen) atoms. The molecule has 1 aromatic rings.